The molecule has 4 nitrogen and oxygen atoms in total. The monoisotopic (exact) mass is 252 g/mol. The first-order valence-corrected chi connectivity index (χ1v) is 5.95. The number of fused-ring (bicyclic) bond motifs is 1. The first-order chi connectivity index (χ1) is 9.22. The summed E-state index contributed by atoms with van der Waals surface area (Å²) in [5.74, 6) is -0.907. The summed E-state index contributed by atoms with van der Waals surface area (Å²) in [6.45, 7) is 0.616. The third-order valence-corrected chi connectivity index (χ3v) is 3.01. The summed E-state index contributed by atoms with van der Waals surface area (Å²) in [5.41, 5.74) is 2.31. The molecule has 19 heavy (non-hydrogen) atoms. The van der Waals surface area contributed by atoms with Crippen LogP contribution < -0.4 is 0 Å². The predicted octanol–water partition coefficient (Wildman–Crippen LogP) is 2.78. The van der Waals surface area contributed by atoms with E-state index in [1.807, 2.05) is 35.0 Å². The molecule has 0 aliphatic carbocycles. The first-order valence-electron chi connectivity index (χ1n) is 5.95. The van der Waals surface area contributed by atoms with Crippen molar-refractivity contribution in [2.45, 2.75) is 6.54 Å². The quantitative estimate of drug-likeness (QED) is 0.779. The highest BCUT2D eigenvalue weighted by molar-refractivity contribution is 5.87. The van der Waals surface area contributed by atoms with Gasteiger partial charge in [-0.1, -0.05) is 18.2 Å². The number of aromatic carboxylic acids is 1. The number of rotatable bonds is 3. The zero-order chi connectivity index (χ0) is 13.2. The Morgan fingerprint density at radius 2 is 2.11 bits per heavy atom. The van der Waals surface area contributed by atoms with E-state index in [1.54, 1.807) is 18.5 Å². The molecule has 0 bridgehead atoms. The molecule has 0 aliphatic rings. The number of carboxylic acid groups (broad SMARTS) is 1. The predicted molar refractivity (Wildman–Crippen MR) is 72.2 cm³/mol. The lowest BCUT2D eigenvalue weighted by atomic mass is 10.1. The molecule has 94 valence electrons. The fourth-order valence-corrected chi connectivity index (χ4v) is 2.08. The number of carboxylic acids is 1. The average molecular weight is 252 g/mol. The number of carbonyl (C=O) groups is 1. The maximum Gasteiger partial charge on any atom is 0.337 e. The van der Waals surface area contributed by atoms with Gasteiger partial charge in [0.2, 0.25) is 0 Å². The van der Waals surface area contributed by atoms with Crippen molar-refractivity contribution in [2.75, 3.05) is 0 Å². The lowest BCUT2D eigenvalue weighted by molar-refractivity contribution is 0.0697. The molecule has 4 heteroatoms. The van der Waals surface area contributed by atoms with E-state index in [2.05, 4.69) is 11.1 Å². The van der Waals surface area contributed by atoms with Crippen LogP contribution >= 0.6 is 0 Å². The molecule has 1 N–H and O–H groups in total. The van der Waals surface area contributed by atoms with Gasteiger partial charge in [-0.15, -0.1) is 0 Å². The maximum absolute atomic E-state index is 10.8. The fraction of sp³-hybridized carbons (Fsp3) is 0.0667. The van der Waals surface area contributed by atoms with Gasteiger partial charge in [-0.3, -0.25) is 4.98 Å². The van der Waals surface area contributed by atoms with Crippen LogP contribution in [0.4, 0.5) is 0 Å². The van der Waals surface area contributed by atoms with Crippen LogP contribution in [0, 0.1) is 0 Å². The highest BCUT2D eigenvalue weighted by Crippen LogP contribution is 2.14. The summed E-state index contributed by atoms with van der Waals surface area (Å²) < 4.78 is 1.84. The van der Waals surface area contributed by atoms with Gasteiger partial charge < -0.3 is 9.67 Å². The van der Waals surface area contributed by atoms with Gasteiger partial charge in [0.05, 0.1) is 11.1 Å². The number of nitrogens with zero attached hydrogens (tertiary/aromatic N) is 2. The van der Waals surface area contributed by atoms with Gasteiger partial charge in [0.15, 0.2) is 0 Å². The van der Waals surface area contributed by atoms with Crippen LogP contribution in [-0.4, -0.2) is 20.6 Å². The summed E-state index contributed by atoms with van der Waals surface area (Å²) in [7, 11) is 0. The number of pyridine rings is 1. The minimum Gasteiger partial charge on any atom is -0.478 e. The van der Waals surface area contributed by atoms with Crippen molar-refractivity contribution < 1.29 is 9.90 Å². The number of hydrogen-bond donors (Lipinski definition) is 1. The van der Waals surface area contributed by atoms with E-state index in [0.29, 0.717) is 12.1 Å². The van der Waals surface area contributed by atoms with Gasteiger partial charge in [-0.2, -0.15) is 0 Å². The minimum atomic E-state index is -0.907. The van der Waals surface area contributed by atoms with Crippen LogP contribution in [-0.2, 0) is 6.54 Å². The van der Waals surface area contributed by atoms with Crippen molar-refractivity contribution >= 4 is 16.9 Å². The van der Waals surface area contributed by atoms with Gasteiger partial charge in [-0.25, -0.2) is 4.79 Å². The number of hydrogen-bond acceptors (Lipinski definition) is 2. The second-order valence-corrected chi connectivity index (χ2v) is 4.41. The van der Waals surface area contributed by atoms with Crippen molar-refractivity contribution in [1.29, 1.82) is 0 Å². The van der Waals surface area contributed by atoms with Gasteiger partial charge >= 0.3 is 5.97 Å². The molecule has 0 saturated carbocycles. The second kappa shape index (κ2) is 4.57. The van der Waals surface area contributed by atoms with Gasteiger partial charge in [0.25, 0.3) is 0 Å². The molecule has 2 heterocycles. The van der Waals surface area contributed by atoms with E-state index in [0.717, 1.165) is 16.5 Å². The van der Waals surface area contributed by atoms with Crippen molar-refractivity contribution in [2.24, 2.45) is 0 Å². The number of aromatic nitrogens is 2. The third kappa shape index (κ3) is 2.33. The van der Waals surface area contributed by atoms with Crippen molar-refractivity contribution in [3.05, 3.63) is 66.1 Å². The standard InChI is InChI=1S/C15H12N2O2/c18-15(19)13-5-6-17(10-13)9-11-7-12-3-1-2-4-14(12)16-8-11/h1-8,10H,9H2,(H,18,19). The Labute approximate surface area is 109 Å². The van der Waals surface area contributed by atoms with E-state index < -0.39 is 5.97 Å². The summed E-state index contributed by atoms with van der Waals surface area (Å²) in [6.07, 6.45) is 5.21. The second-order valence-electron chi connectivity index (χ2n) is 4.41. The summed E-state index contributed by atoms with van der Waals surface area (Å²) >= 11 is 0. The van der Waals surface area contributed by atoms with Crippen LogP contribution in [0.25, 0.3) is 10.9 Å². The molecule has 0 atom stereocenters. The minimum absolute atomic E-state index is 0.300. The Balaban J connectivity index is 1.89. The Kier molecular flexibility index (Phi) is 2.76. The van der Waals surface area contributed by atoms with Crippen LogP contribution in [0.2, 0.25) is 0 Å². The van der Waals surface area contributed by atoms with Crippen LogP contribution in [0.15, 0.2) is 55.0 Å². The lowest BCUT2D eigenvalue weighted by Crippen LogP contribution is -1.98. The highest BCUT2D eigenvalue weighted by atomic mass is 16.4. The normalized spacial score (nSPS) is 10.7. The largest absolute Gasteiger partial charge is 0.478 e. The molecule has 3 aromatic rings. The zero-order valence-electron chi connectivity index (χ0n) is 10.2. The van der Waals surface area contributed by atoms with Gasteiger partial charge in [0, 0.05) is 30.5 Å². The molecule has 0 amide bonds. The van der Waals surface area contributed by atoms with Crippen LogP contribution in [0.3, 0.4) is 0 Å². The Hall–Kier alpha value is -2.62. The molecular weight excluding hydrogens is 240 g/mol. The Morgan fingerprint density at radius 1 is 1.26 bits per heavy atom. The van der Waals surface area contributed by atoms with E-state index in [4.69, 9.17) is 5.11 Å². The third-order valence-electron chi connectivity index (χ3n) is 3.01. The average Bonchev–Trinajstić information content (AvgIpc) is 2.87. The number of benzene rings is 1. The molecule has 2 aromatic heterocycles. The summed E-state index contributed by atoms with van der Waals surface area (Å²) in [6, 6.07) is 11.6. The van der Waals surface area contributed by atoms with Crippen molar-refractivity contribution in [3.63, 3.8) is 0 Å². The summed E-state index contributed by atoms with van der Waals surface area (Å²) in [4.78, 5) is 15.2. The van der Waals surface area contributed by atoms with E-state index in [-0.39, 0.29) is 0 Å². The van der Waals surface area contributed by atoms with Gasteiger partial charge in [-0.05, 0) is 23.8 Å². The smallest absolute Gasteiger partial charge is 0.337 e. The summed E-state index contributed by atoms with van der Waals surface area (Å²) in [5, 5.41) is 9.97. The number of para-hydroxylation sites is 1. The van der Waals surface area contributed by atoms with Crippen LogP contribution in [0.1, 0.15) is 15.9 Å². The SMILES string of the molecule is O=C(O)c1ccn(Cc2cnc3ccccc3c2)c1. The first kappa shape index (κ1) is 11.5. The maximum atomic E-state index is 10.8. The molecule has 3 rings (SSSR count). The highest BCUT2D eigenvalue weighted by Gasteiger charge is 2.05. The Morgan fingerprint density at radius 3 is 2.89 bits per heavy atom. The molecule has 0 fully saturated rings. The Bertz CT molecular complexity index is 746. The molecule has 0 unspecified atom stereocenters. The molecule has 0 aliphatic heterocycles. The van der Waals surface area contributed by atoms with E-state index in [9.17, 15) is 4.79 Å². The van der Waals surface area contributed by atoms with E-state index >= 15 is 0 Å². The van der Waals surface area contributed by atoms with Crippen molar-refractivity contribution in [1.82, 2.24) is 9.55 Å². The molecule has 0 spiro atoms. The topological polar surface area (TPSA) is 55.1 Å². The zero-order valence-corrected chi connectivity index (χ0v) is 10.2. The molecule has 0 radical (unpaired) electrons. The van der Waals surface area contributed by atoms with Crippen molar-refractivity contribution in [3.8, 4) is 0 Å². The van der Waals surface area contributed by atoms with Crippen LogP contribution in [0.5, 0.6) is 0 Å². The molecule has 1 aromatic carbocycles. The lowest BCUT2D eigenvalue weighted by Gasteiger charge is -2.04. The van der Waals surface area contributed by atoms with Gasteiger partial charge in [0.1, 0.15) is 0 Å². The van der Waals surface area contributed by atoms with E-state index in [1.165, 1.54) is 0 Å². The molecule has 0 saturated heterocycles. The molecular formula is C15H12N2O2. The fourth-order valence-electron chi connectivity index (χ4n) is 2.08.